The largest absolute Gasteiger partial charge is 0.463 e. The molecule has 1 atom stereocenters. The Balaban J connectivity index is 1.94. The third-order valence-corrected chi connectivity index (χ3v) is 3.32. The Hall–Kier alpha value is -1.59. The van der Waals surface area contributed by atoms with Gasteiger partial charge >= 0.3 is 5.97 Å². The van der Waals surface area contributed by atoms with Gasteiger partial charge in [-0.3, -0.25) is 0 Å². The van der Waals surface area contributed by atoms with Crippen LogP contribution in [0.5, 0.6) is 0 Å². The minimum absolute atomic E-state index is 0.194. The van der Waals surface area contributed by atoms with Crippen LogP contribution in [0.4, 0.5) is 0 Å². The minimum atomic E-state index is -0.480. The fraction of sp³-hybridized carbons (Fsp3) is 0.308. The van der Waals surface area contributed by atoms with Gasteiger partial charge in [0, 0.05) is 4.88 Å². The van der Waals surface area contributed by atoms with Crippen LogP contribution in [0.15, 0.2) is 34.1 Å². The van der Waals surface area contributed by atoms with Crippen LogP contribution in [0.3, 0.4) is 0 Å². The molecule has 4 nitrogen and oxygen atoms in total. The van der Waals surface area contributed by atoms with Crippen molar-refractivity contribution in [3.63, 3.8) is 0 Å². The Bertz CT molecular complexity index is 501. The summed E-state index contributed by atoms with van der Waals surface area (Å²) in [5.41, 5.74) is 0. The Labute approximate surface area is 109 Å². The summed E-state index contributed by atoms with van der Waals surface area (Å²) in [5, 5.41) is 2.01. The van der Waals surface area contributed by atoms with Crippen molar-refractivity contribution < 1.29 is 18.7 Å². The number of esters is 1. The van der Waals surface area contributed by atoms with Gasteiger partial charge in [0.25, 0.3) is 0 Å². The quantitative estimate of drug-likeness (QED) is 0.778. The Kier molecular flexibility index (Phi) is 4.17. The summed E-state index contributed by atoms with van der Waals surface area (Å²) in [5.74, 6) is 0.331. The normalized spacial score (nSPS) is 12.3. The number of rotatable bonds is 5. The first-order chi connectivity index (χ1) is 8.70. The van der Waals surface area contributed by atoms with Crippen molar-refractivity contribution in [1.82, 2.24) is 0 Å². The lowest BCUT2D eigenvalue weighted by atomic mass is 10.3. The fourth-order valence-electron chi connectivity index (χ4n) is 1.47. The van der Waals surface area contributed by atoms with E-state index in [4.69, 9.17) is 9.15 Å². The van der Waals surface area contributed by atoms with E-state index in [0.717, 1.165) is 4.88 Å². The SMILES string of the molecule is COC(=O)c1ccc(C(C)OCc2cccs2)o1. The van der Waals surface area contributed by atoms with Gasteiger partial charge in [-0.1, -0.05) is 6.07 Å². The molecule has 0 bridgehead atoms. The molecule has 0 aromatic carbocycles. The number of hydrogen-bond acceptors (Lipinski definition) is 5. The number of furan rings is 1. The maximum absolute atomic E-state index is 11.2. The van der Waals surface area contributed by atoms with Crippen molar-refractivity contribution in [2.24, 2.45) is 0 Å². The third kappa shape index (κ3) is 3.00. The summed E-state index contributed by atoms with van der Waals surface area (Å²) >= 11 is 1.64. The predicted octanol–water partition coefficient (Wildman–Crippen LogP) is 3.41. The highest BCUT2D eigenvalue weighted by Gasteiger charge is 2.15. The molecule has 2 rings (SSSR count). The molecule has 2 heterocycles. The average molecular weight is 266 g/mol. The van der Waals surface area contributed by atoms with Gasteiger partial charge in [0.1, 0.15) is 11.9 Å². The fourth-order valence-corrected chi connectivity index (χ4v) is 2.09. The minimum Gasteiger partial charge on any atom is -0.463 e. The molecule has 0 saturated carbocycles. The first-order valence-electron chi connectivity index (χ1n) is 5.52. The number of methoxy groups -OCH3 is 1. The smallest absolute Gasteiger partial charge is 0.373 e. The molecule has 96 valence electrons. The second-order valence-corrected chi connectivity index (χ2v) is 4.76. The van der Waals surface area contributed by atoms with E-state index in [1.54, 1.807) is 23.5 Å². The van der Waals surface area contributed by atoms with E-state index in [0.29, 0.717) is 12.4 Å². The summed E-state index contributed by atoms with van der Waals surface area (Å²) in [4.78, 5) is 12.4. The summed E-state index contributed by atoms with van der Waals surface area (Å²) in [7, 11) is 1.32. The van der Waals surface area contributed by atoms with Crippen molar-refractivity contribution in [2.75, 3.05) is 7.11 Å². The molecule has 0 aliphatic carbocycles. The highest BCUT2D eigenvalue weighted by molar-refractivity contribution is 7.09. The molecule has 0 aliphatic rings. The molecular weight excluding hydrogens is 252 g/mol. The molecule has 0 amide bonds. The van der Waals surface area contributed by atoms with E-state index < -0.39 is 5.97 Å². The van der Waals surface area contributed by atoms with E-state index in [1.165, 1.54) is 7.11 Å². The van der Waals surface area contributed by atoms with Gasteiger partial charge in [-0.05, 0) is 30.5 Å². The first-order valence-corrected chi connectivity index (χ1v) is 6.40. The molecule has 0 saturated heterocycles. The highest BCUT2D eigenvalue weighted by atomic mass is 32.1. The number of ether oxygens (including phenoxy) is 2. The monoisotopic (exact) mass is 266 g/mol. The summed E-state index contributed by atoms with van der Waals surface area (Å²) < 4.78 is 15.6. The molecule has 2 aromatic heterocycles. The van der Waals surface area contributed by atoms with Crippen LogP contribution < -0.4 is 0 Å². The maximum atomic E-state index is 11.2. The molecule has 0 spiro atoms. The maximum Gasteiger partial charge on any atom is 0.373 e. The summed E-state index contributed by atoms with van der Waals surface area (Å²) in [6, 6.07) is 7.31. The van der Waals surface area contributed by atoms with Crippen LogP contribution in [0.1, 0.15) is 34.2 Å². The Morgan fingerprint density at radius 2 is 2.28 bits per heavy atom. The van der Waals surface area contributed by atoms with E-state index in [1.807, 2.05) is 24.4 Å². The molecule has 1 unspecified atom stereocenters. The van der Waals surface area contributed by atoms with E-state index in [-0.39, 0.29) is 11.9 Å². The van der Waals surface area contributed by atoms with Gasteiger partial charge in [-0.2, -0.15) is 0 Å². The first kappa shape index (κ1) is 12.9. The van der Waals surface area contributed by atoms with Crippen LogP contribution >= 0.6 is 11.3 Å². The van der Waals surface area contributed by atoms with Crippen LogP contribution in [0.2, 0.25) is 0 Å². The highest BCUT2D eigenvalue weighted by Crippen LogP contribution is 2.22. The van der Waals surface area contributed by atoms with Crippen molar-refractivity contribution in [3.05, 3.63) is 46.0 Å². The molecule has 5 heteroatoms. The zero-order chi connectivity index (χ0) is 13.0. The zero-order valence-corrected chi connectivity index (χ0v) is 11.0. The molecule has 0 N–H and O–H groups in total. The standard InChI is InChI=1S/C13H14O4S/c1-9(16-8-10-4-3-7-18-10)11-5-6-12(17-11)13(14)15-2/h3-7,9H,8H2,1-2H3. The van der Waals surface area contributed by atoms with E-state index in [9.17, 15) is 4.79 Å². The number of hydrogen-bond donors (Lipinski definition) is 0. The van der Waals surface area contributed by atoms with E-state index >= 15 is 0 Å². The molecule has 18 heavy (non-hydrogen) atoms. The lowest BCUT2D eigenvalue weighted by Gasteiger charge is -2.09. The van der Waals surface area contributed by atoms with Gasteiger partial charge in [-0.15, -0.1) is 11.3 Å². The third-order valence-electron chi connectivity index (χ3n) is 2.47. The van der Waals surface area contributed by atoms with Gasteiger partial charge < -0.3 is 13.9 Å². The Morgan fingerprint density at radius 1 is 1.44 bits per heavy atom. The summed E-state index contributed by atoms with van der Waals surface area (Å²) in [6.45, 7) is 2.42. The lowest BCUT2D eigenvalue weighted by molar-refractivity contribution is 0.0364. The summed E-state index contributed by atoms with van der Waals surface area (Å²) in [6.07, 6.45) is -0.203. The van der Waals surface area contributed by atoms with Gasteiger partial charge in [0.05, 0.1) is 13.7 Å². The Morgan fingerprint density at radius 3 is 2.94 bits per heavy atom. The number of carbonyl (C=O) groups is 1. The average Bonchev–Trinajstić information content (AvgIpc) is 3.05. The number of carbonyl (C=O) groups excluding carboxylic acids is 1. The van der Waals surface area contributed by atoms with Gasteiger partial charge in [0.2, 0.25) is 5.76 Å². The van der Waals surface area contributed by atoms with Crippen molar-refractivity contribution in [2.45, 2.75) is 19.6 Å². The van der Waals surface area contributed by atoms with Crippen LogP contribution in [-0.2, 0) is 16.1 Å². The van der Waals surface area contributed by atoms with Gasteiger partial charge in [-0.25, -0.2) is 4.79 Å². The van der Waals surface area contributed by atoms with Crippen LogP contribution in [0.25, 0.3) is 0 Å². The molecule has 2 aromatic rings. The molecular formula is C13H14O4S. The second-order valence-electron chi connectivity index (χ2n) is 3.73. The molecule has 0 aliphatic heterocycles. The lowest BCUT2D eigenvalue weighted by Crippen LogP contribution is -2.00. The van der Waals surface area contributed by atoms with Crippen molar-refractivity contribution >= 4 is 17.3 Å². The van der Waals surface area contributed by atoms with Gasteiger partial charge in [0.15, 0.2) is 0 Å². The van der Waals surface area contributed by atoms with Crippen LogP contribution in [-0.4, -0.2) is 13.1 Å². The van der Waals surface area contributed by atoms with E-state index in [2.05, 4.69) is 4.74 Å². The van der Waals surface area contributed by atoms with Crippen molar-refractivity contribution in [1.29, 1.82) is 0 Å². The van der Waals surface area contributed by atoms with Crippen molar-refractivity contribution in [3.8, 4) is 0 Å². The number of thiophene rings is 1. The molecule has 0 fully saturated rings. The zero-order valence-electron chi connectivity index (χ0n) is 10.2. The topological polar surface area (TPSA) is 48.7 Å². The second kappa shape index (κ2) is 5.84. The predicted molar refractivity (Wildman–Crippen MR) is 67.6 cm³/mol. The van der Waals surface area contributed by atoms with Crippen LogP contribution in [0, 0.1) is 0 Å². The molecule has 0 radical (unpaired) electrons.